The third-order valence-electron chi connectivity index (χ3n) is 2.98. The molecule has 1 aliphatic rings. The first-order valence-corrected chi connectivity index (χ1v) is 4.20. The van der Waals surface area contributed by atoms with Crippen molar-refractivity contribution in [2.75, 3.05) is 7.05 Å². The number of rotatable bonds is 2. The quantitative estimate of drug-likeness (QED) is 0.569. The molecule has 0 aromatic carbocycles. The number of urea groups is 1. The molecule has 1 aliphatic carbocycles. The fraction of sp³-hybridized carbons (Fsp3) is 0.750. The highest BCUT2D eigenvalue weighted by Gasteiger charge is 2.66. The Bertz CT molecular complexity index is 244. The molecule has 5 heteroatoms. The van der Waals surface area contributed by atoms with E-state index < -0.39 is 17.5 Å². The molecule has 0 aromatic heterocycles. The van der Waals surface area contributed by atoms with Gasteiger partial charge in [-0.3, -0.25) is 0 Å². The highest BCUT2D eigenvalue weighted by molar-refractivity contribution is 5.90. The first-order chi connectivity index (χ1) is 5.96. The second kappa shape index (κ2) is 2.90. The normalized spacial score (nSPS) is 36.5. The zero-order chi connectivity index (χ0) is 10.2. The molecular weight excluding hydrogens is 172 g/mol. The van der Waals surface area contributed by atoms with Gasteiger partial charge in [-0.2, -0.15) is 0 Å². The van der Waals surface area contributed by atoms with E-state index in [0.29, 0.717) is 0 Å². The number of nitrogens with one attached hydrogen (secondary N) is 2. The SMILES string of the molecule is CNC(=O)NC1(C(=O)O)C(C)C1C. The van der Waals surface area contributed by atoms with Crippen molar-refractivity contribution in [1.82, 2.24) is 10.6 Å². The topological polar surface area (TPSA) is 78.4 Å². The van der Waals surface area contributed by atoms with E-state index >= 15 is 0 Å². The molecule has 0 radical (unpaired) electrons. The van der Waals surface area contributed by atoms with Crippen LogP contribution in [0, 0.1) is 11.8 Å². The van der Waals surface area contributed by atoms with Crippen molar-refractivity contribution in [2.45, 2.75) is 19.4 Å². The van der Waals surface area contributed by atoms with Crippen molar-refractivity contribution in [3.05, 3.63) is 0 Å². The highest BCUT2D eigenvalue weighted by atomic mass is 16.4. The van der Waals surface area contributed by atoms with Crippen LogP contribution in [0.25, 0.3) is 0 Å². The Hall–Kier alpha value is -1.26. The molecule has 1 rings (SSSR count). The Morgan fingerprint density at radius 2 is 1.77 bits per heavy atom. The van der Waals surface area contributed by atoms with Crippen LogP contribution in [0.1, 0.15) is 13.8 Å². The predicted octanol–water partition coefficient (Wildman–Crippen LogP) is 0.0246. The number of carbonyl (C=O) groups is 2. The Labute approximate surface area is 76.5 Å². The molecule has 3 N–H and O–H groups in total. The fourth-order valence-electron chi connectivity index (χ4n) is 1.70. The van der Waals surface area contributed by atoms with Crippen LogP contribution in [0.2, 0.25) is 0 Å². The molecule has 5 nitrogen and oxygen atoms in total. The van der Waals surface area contributed by atoms with Gasteiger partial charge in [0.2, 0.25) is 0 Å². The maximum atomic E-state index is 11.0. The molecule has 2 amide bonds. The van der Waals surface area contributed by atoms with Crippen LogP contribution in [0.15, 0.2) is 0 Å². The monoisotopic (exact) mass is 186 g/mol. The largest absolute Gasteiger partial charge is 0.479 e. The van der Waals surface area contributed by atoms with Gasteiger partial charge in [0.25, 0.3) is 0 Å². The summed E-state index contributed by atoms with van der Waals surface area (Å²) in [6.07, 6.45) is 0. The zero-order valence-electron chi connectivity index (χ0n) is 7.92. The van der Waals surface area contributed by atoms with Crippen LogP contribution in [0.4, 0.5) is 4.79 Å². The molecule has 0 spiro atoms. The molecule has 13 heavy (non-hydrogen) atoms. The summed E-state index contributed by atoms with van der Waals surface area (Å²) < 4.78 is 0. The number of carboxylic acids is 1. The van der Waals surface area contributed by atoms with Crippen molar-refractivity contribution in [3.63, 3.8) is 0 Å². The van der Waals surface area contributed by atoms with Gasteiger partial charge in [-0.05, 0) is 11.8 Å². The Morgan fingerprint density at radius 1 is 1.31 bits per heavy atom. The standard InChI is InChI=1S/C8H14N2O3/c1-4-5(2)8(4,6(11)12)10-7(13)9-3/h4-5H,1-3H3,(H,11,12)(H2,9,10,13). The van der Waals surface area contributed by atoms with Gasteiger partial charge in [0.05, 0.1) is 0 Å². The summed E-state index contributed by atoms with van der Waals surface area (Å²) in [5, 5.41) is 13.8. The summed E-state index contributed by atoms with van der Waals surface area (Å²) in [5.74, 6) is -0.985. The van der Waals surface area contributed by atoms with Crippen LogP contribution in [-0.2, 0) is 4.79 Å². The minimum Gasteiger partial charge on any atom is -0.479 e. The van der Waals surface area contributed by atoms with Crippen LogP contribution in [-0.4, -0.2) is 29.7 Å². The molecule has 74 valence electrons. The second-order valence-corrected chi connectivity index (χ2v) is 3.46. The van der Waals surface area contributed by atoms with Crippen LogP contribution in [0.5, 0.6) is 0 Å². The predicted molar refractivity (Wildman–Crippen MR) is 46.3 cm³/mol. The Morgan fingerprint density at radius 3 is 2.00 bits per heavy atom. The highest BCUT2D eigenvalue weighted by Crippen LogP contribution is 2.49. The number of carbonyl (C=O) groups excluding carboxylic acids is 1. The van der Waals surface area contributed by atoms with Gasteiger partial charge in [-0.1, -0.05) is 13.8 Å². The molecule has 0 saturated heterocycles. The second-order valence-electron chi connectivity index (χ2n) is 3.46. The molecule has 2 atom stereocenters. The number of carboxylic acid groups (broad SMARTS) is 1. The lowest BCUT2D eigenvalue weighted by molar-refractivity contribution is -0.141. The minimum atomic E-state index is -1.06. The van der Waals surface area contributed by atoms with Gasteiger partial charge >= 0.3 is 12.0 Å². The maximum Gasteiger partial charge on any atom is 0.330 e. The van der Waals surface area contributed by atoms with E-state index in [1.807, 2.05) is 13.8 Å². The average Bonchev–Trinajstić information content (AvgIpc) is 2.58. The molecular formula is C8H14N2O3. The van der Waals surface area contributed by atoms with Crippen LogP contribution >= 0.6 is 0 Å². The van der Waals surface area contributed by atoms with E-state index in [2.05, 4.69) is 10.6 Å². The lowest BCUT2D eigenvalue weighted by Crippen LogP contribution is -2.49. The first-order valence-electron chi connectivity index (χ1n) is 4.20. The summed E-state index contributed by atoms with van der Waals surface area (Å²) in [7, 11) is 1.46. The van der Waals surface area contributed by atoms with E-state index in [1.165, 1.54) is 7.05 Å². The van der Waals surface area contributed by atoms with Gasteiger partial charge in [0.1, 0.15) is 5.54 Å². The van der Waals surface area contributed by atoms with E-state index in [4.69, 9.17) is 5.11 Å². The number of aliphatic carboxylic acids is 1. The minimum absolute atomic E-state index is 0.0118. The number of hydrogen-bond donors (Lipinski definition) is 3. The molecule has 0 bridgehead atoms. The van der Waals surface area contributed by atoms with Gasteiger partial charge in [-0.25, -0.2) is 9.59 Å². The van der Waals surface area contributed by atoms with E-state index in [9.17, 15) is 9.59 Å². The summed E-state index contributed by atoms with van der Waals surface area (Å²) in [6, 6.07) is -0.446. The van der Waals surface area contributed by atoms with Gasteiger partial charge in [-0.15, -0.1) is 0 Å². The van der Waals surface area contributed by atoms with Crippen molar-refractivity contribution in [2.24, 2.45) is 11.8 Å². The van der Waals surface area contributed by atoms with E-state index in [0.717, 1.165) is 0 Å². The average molecular weight is 186 g/mol. The van der Waals surface area contributed by atoms with Crippen LogP contribution in [0.3, 0.4) is 0 Å². The molecule has 0 heterocycles. The smallest absolute Gasteiger partial charge is 0.330 e. The van der Waals surface area contributed by atoms with Gasteiger partial charge in [0.15, 0.2) is 0 Å². The molecule has 1 saturated carbocycles. The third kappa shape index (κ3) is 1.24. The summed E-state index contributed by atoms with van der Waals surface area (Å²) in [4.78, 5) is 21.9. The third-order valence-corrected chi connectivity index (χ3v) is 2.98. The van der Waals surface area contributed by atoms with Crippen LogP contribution < -0.4 is 10.6 Å². The Kier molecular flexibility index (Phi) is 2.19. The molecule has 0 aromatic rings. The number of amides is 2. The lowest BCUT2D eigenvalue weighted by Gasteiger charge is -2.13. The summed E-state index contributed by atoms with van der Waals surface area (Å²) in [6.45, 7) is 3.63. The van der Waals surface area contributed by atoms with Crippen molar-refractivity contribution >= 4 is 12.0 Å². The number of hydrogen-bond acceptors (Lipinski definition) is 2. The van der Waals surface area contributed by atoms with Crippen molar-refractivity contribution in [3.8, 4) is 0 Å². The van der Waals surface area contributed by atoms with E-state index in [-0.39, 0.29) is 11.8 Å². The molecule has 2 unspecified atom stereocenters. The lowest BCUT2D eigenvalue weighted by atomic mass is 10.2. The fourth-order valence-corrected chi connectivity index (χ4v) is 1.70. The van der Waals surface area contributed by atoms with Crippen molar-refractivity contribution in [1.29, 1.82) is 0 Å². The van der Waals surface area contributed by atoms with Gasteiger partial charge < -0.3 is 15.7 Å². The molecule has 1 fully saturated rings. The molecule has 0 aliphatic heterocycles. The van der Waals surface area contributed by atoms with Crippen molar-refractivity contribution < 1.29 is 14.7 Å². The maximum absolute atomic E-state index is 11.0. The van der Waals surface area contributed by atoms with E-state index in [1.54, 1.807) is 0 Å². The van der Waals surface area contributed by atoms with Gasteiger partial charge in [0, 0.05) is 7.05 Å². The summed E-state index contributed by atoms with van der Waals surface area (Å²) >= 11 is 0. The summed E-state index contributed by atoms with van der Waals surface area (Å²) in [5.41, 5.74) is -1.06. The first kappa shape index (κ1) is 9.83. The Balaban J connectivity index is 2.73. The zero-order valence-corrected chi connectivity index (χ0v) is 7.92.